The Morgan fingerprint density at radius 2 is 1.45 bits per heavy atom. The number of para-hydroxylation sites is 1. The van der Waals surface area contributed by atoms with Crippen molar-refractivity contribution in [2.75, 3.05) is 21.7 Å². The van der Waals surface area contributed by atoms with Crippen LogP contribution in [0.15, 0.2) is 77.7 Å². The molecule has 3 aromatic carbocycles. The normalized spacial score (nSPS) is 10.3. The van der Waals surface area contributed by atoms with E-state index in [1.165, 1.54) is 11.8 Å². The van der Waals surface area contributed by atoms with Crippen molar-refractivity contribution < 1.29 is 9.59 Å². The van der Waals surface area contributed by atoms with Gasteiger partial charge in [-0.05, 0) is 54.6 Å². The zero-order valence-electron chi connectivity index (χ0n) is 15.1. The Bertz CT molecular complexity index is 999. The van der Waals surface area contributed by atoms with Crippen molar-refractivity contribution in [2.24, 2.45) is 0 Å². The van der Waals surface area contributed by atoms with Crippen LogP contribution in [0.2, 0.25) is 10.0 Å². The van der Waals surface area contributed by atoms with Gasteiger partial charge in [-0.2, -0.15) is 0 Å². The fraction of sp³-hybridized carbons (Fsp3) is 0.0476. The van der Waals surface area contributed by atoms with Gasteiger partial charge in [-0.15, -0.1) is 11.8 Å². The molecule has 0 saturated heterocycles. The van der Waals surface area contributed by atoms with Gasteiger partial charge < -0.3 is 16.0 Å². The Morgan fingerprint density at radius 1 is 0.793 bits per heavy atom. The number of benzene rings is 3. The Morgan fingerprint density at radius 3 is 2.14 bits per heavy atom. The third kappa shape index (κ3) is 6.71. The third-order valence-electron chi connectivity index (χ3n) is 3.72. The van der Waals surface area contributed by atoms with Gasteiger partial charge in [0.15, 0.2) is 0 Å². The average Bonchev–Trinajstić information content (AvgIpc) is 2.71. The molecule has 0 aliphatic heterocycles. The van der Waals surface area contributed by atoms with Crippen LogP contribution in [-0.2, 0) is 4.79 Å². The van der Waals surface area contributed by atoms with Gasteiger partial charge >= 0.3 is 6.03 Å². The molecule has 3 rings (SSSR count). The fourth-order valence-electron chi connectivity index (χ4n) is 2.38. The molecule has 3 aromatic rings. The molecule has 0 aromatic heterocycles. The number of urea groups is 1. The second-order valence-corrected chi connectivity index (χ2v) is 7.82. The van der Waals surface area contributed by atoms with Crippen molar-refractivity contribution in [3.05, 3.63) is 82.8 Å². The Labute approximate surface area is 182 Å². The number of carbonyl (C=O) groups excluding carboxylic acids is 2. The second-order valence-electron chi connectivity index (χ2n) is 5.93. The van der Waals surface area contributed by atoms with E-state index in [2.05, 4.69) is 16.0 Å². The van der Waals surface area contributed by atoms with Gasteiger partial charge in [0.05, 0.1) is 16.5 Å². The van der Waals surface area contributed by atoms with E-state index >= 15 is 0 Å². The van der Waals surface area contributed by atoms with Crippen molar-refractivity contribution in [3.63, 3.8) is 0 Å². The summed E-state index contributed by atoms with van der Waals surface area (Å²) in [7, 11) is 0. The Balaban J connectivity index is 1.48. The number of halogens is 2. The largest absolute Gasteiger partial charge is 0.324 e. The zero-order valence-corrected chi connectivity index (χ0v) is 17.4. The summed E-state index contributed by atoms with van der Waals surface area (Å²) in [5, 5.41) is 9.17. The maximum absolute atomic E-state index is 12.1. The van der Waals surface area contributed by atoms with Crippen LogP contribution in [0.4, 0.5) is 21.9 Å². The van der Waals surface area contributed by atoms with E-state index < -0.39 is 0 Å². The predicted molar refractivity (Wildman–Crippen MR) is 121 cm³/mol. The maximum atomic E-state index is 12.1. The quantitative estimate of drug-likeness (QED) is 0.386. The van der Waals surface area contributed by atoms with Gasteiger partial charge in [0.1, 0.15) is 0 Å². The van der Waals surface area contributed by atoms with Crippen molar-refractivity contribution in [2.45, 2.75) is 4.90 Å². The molecular weight excluding hydrogens is 429 g/mol. The maximum Gasteiger partial charge on any atom is 0.323 e. The molecule has 3 N–H and O–H groups in total. The molecule has 3 amide bonds. The topological polar surface area (TPSA) is 70.2 Å². The SMILES string of the molecule is O=C(CSc1ccc(NC(=O)Nc2ccccc2)cc1)Nc1cc(Cl)ccc1Cl. The van der Waals surface area contributed by atoms with E-state index in [9.17, 15) is 9.59 Å². The third-order valence-corrected chi connectivity index (χ3v) is 5.29. The first-order chi connectivity index (χ1) is 14.0. The van der Waals surface area contributed by atoms with Crippen LogP contribution < -0.4 is 16.0 Å². The lowest BCUT2D eigenvalue weighted by Gasteiger charge is -2.09. The van der Waals surface area contributed by atoms with E-state index in [0.717, 1.165) is 4.90 Å². The van der Waals surface area contributed by atoms with Crippen LogP contribution in [-0.4, -0.2) is 17.7 Å². The zero-order chi connectivity index (χ0) is 20.6. The van der Waals surface area contributed by atoms with E-state index in [0.29, 0.717) is 27.1 Å². The minimum Gasteiger partial charge on any atom is -0.324 e. The lowest BCUT2D eigenvalue weighted by molar-refractivity contribution is -0.113. The number of nitrogens with one attached hydrogen (secondary N) is 3. The highest BCUT2D eigenvalue weighted by Crippen LogP contribution is 2.26. The van der Waals surface area contributed by atoms with Crippen LogP contribution in [0.3, 0.4) is 0 Å². The number of hydrogen-bond donors (Lipinski definition) is 3. The molecule has 0 unspecified atom stereocenters. The lowest BCUT2D eigenvalue weighted by Crippen LogP contribution is -2.19. The first-order valence-corrected chi connectivity index (χ1v) is 10.3. The van der Waals surface area contributed by atoms with E-state index in [1.807, 2.05) is 30.3 Å². The van der Waals surface area contributed by atoms with E-state index in [-0.39, 0.29) is 17.7 Å². The van der Waals surface area contributed by atoms with Crippen LogP contribution >= 0.6 is 35.0 Å². The fourth-order valence-corrected chi connectivity index (χ4v) is 3.41. The van der Waals surface area contributed by atoms with Crippen molar-refractivity contribution >= 4 is 64.0 Å². The highest BCUT2D eigenvalue weighted by atomic mass is 35.5. The van der Waals surface area contributed by atoms with Crippen LogP contribution in [0.25, 0.3) is 0 Å². The lowest BCUT2D eigenvalue weighted by atomic mass is 10.3. The monoisotopic (exact) mass is 445 g/mol. The summed E-state index contributed by atoms with van der Waals surface area (Å²) in [4.78, 5) is 25.0. The highest BCUT2D eigenvalue weighted by molar-refractivity contribution is 8.00. The summed E-state index contributed by atoms with van der Waals surface area (Å²) >= 11 is 13.3. The summed E-state index contributed by atoms with van der Waals surface area (Å²) in [6.07, 6.45) is 0. The van der Waals surface area contributed by atoms with Crippen molar-refractivity contribution in [3.8, 4) is 0 Å². The number of anilines is 3. The van der Waals surface area contributed by atoms with Crippen LogP contribution in [0.1, 0.15) is 0 Å². The molecule has 0 bridgehead atoms. The Kier molecular flexibility index (Phi) is 7.41. The molecule has 0 atom stereocenters. The predicted octanol–water partition coefficient (Wildman–Crippen LogP) is 6.37. The summed E-state index contributed by atoms with van der Waals surface area (Å²) in [5.41, 5.74) is 1.84. The molecule has 0 saturated carbocycles. The van der Waals surface area contributed by atoms with Gasteiger partial charge in [0, 0.05) is 21.3 Å². The summed E-state index contributed by atoms with van der Waals surface area (Å²) in [6.45, 7) is 0. The summed E-state index contributed by atoms with van der Waals surface area (Å²) < 4.78 is 0. The van der Waals surface area contributed by atoms with Crippen molar-refractivity contribution in [1.29, 1.82) is 0 Å². The molecular formula is C21H17Cl2N3O2S. The molecule has 5 nitrogen and oxygen atoms in total. The first-order valence-electron chi connectivity index (χ1n) is 8.60. The van der Waals surface area contributed by atoms with Gasteiger partial charge in [-0.3, -0.25) is 4.79 Å². The van der Waals surface area contributed by atoms with Crippen LogP contribution in [0, 0.1) is 0 Å². The number of rotatable bonds is 6. The molecule has 0 aliphatic carbocycles. The van der Waals surface area contributed by atoms with Gasteiger partial charge in [-0.25, -0.2) is 4.79 Å². The molecule has 0 heterocycles. The molecule has 8 heteroatoms. The average molecular weight is 446 g/mol. The molecule has 0 radical (unpaired) electrons. The number of amides is 3. The van der Waals surface area contributed by atoms with Gasteiger partial charge in [0.2, 0.25) is 5.91 Å². The van der Waals surface area contributed by atoms with Gasteiger partial charge in [0.25, 0.3) is 0 Å². The molecule has 0 fully saturated rings. The van der Waals surface area contributed by atoms with Crippen LogP contribution in [0.5, 0.6) is 0 Å². The minimum absolute atomic E-state index is 0.191. The number of hydrogen-bond acceptors (Lipinski definition) is 3. The molecule has 0 spiro atoms. The number of thioether (sulfide) groups is 1. The molecule has 29 heavy (non-hydrogen) atoms. The standard InChI is InChI=1S/C21H17Cl2N3O2S/c22-14-6-11-18(23)19(12-14)26-20(27)13-29-17-9-7-16(8-10-17)25-21(28)24-15-4-2-1-3-5-15/h1-12H,13H2,(H,26,27)(H2,24,25,28). The minimum atomic E-state index is -0.325. The van der Waals surface area contributed by atoms with E-state index in [4.69, 9.17) is 23.2 Å². The van der Waals surface area contributed by atoms with Crippen molar-refractivity contribution in [1.82, 2.24) is 0 Å². The molecule has 148 valence electrons. The summed E-state index contributed by atoms with van der Waals surface area (Å²) in [5.74, 6) is 0.0213. The molecule has 0 aliphatic rings. The highest BCUT2D eigenvalue weighted by Gasteiger charge is 2.08. The number of carbonyl (C=O) groups is 2. The second kappa shape index (κ2) is 10.2. The smallest absolute Gasteiger partial charge is 0.323 e. The van der Waals surface area contributed by atoms with E-state index in [1.54, 1.807) is 42.5 Å². The van der Waals surface area contributed by atoms with Gasteiger partial charge in [-0.1, -0.05) is 41.4 Å². The Hall–Kier alpha value is -2.67. The first kappa shape index (κ1) is 21.0. The summed E-state index contributed by atoms with van der Waals surface area (Å²) in [6, 6.07) is 21.0.